The number of fused-ring (bicyclic) bond motifs is 3. The molecule has 0 saturated carbocycles. The number of pyridine rings is 1. The number of aromatic amines is 2. The van der Waals surface area contributed by atoms with Crippen LogP contribution in [0.15, 0.2) is 29.2 Å². The Morgan fingerprint density at radius 3 is 2.94 bits per heavy atom. The predicted molar refractivity (Wildman–Crippen MR) is 63.6 cm³/mol. The van der Waals surface area contributed by atoms with E-state index in [1.165, 1.54) is 5.56 Å². The molecule has 3 aromatic rings. The smallest absolute Gasteiger partial charge is 0.273 e. The Morgan fingerprint density at radius 2 is 2.12 bits per heavy atom. The summed E-state index contributed by atoms with van der Waals surface area (Å²) in [5.41, 5.74) is 2.86. The zero-order chi connectivity index (χ0) is 11.1. The summed E-state index contributed by atoms with van der Waals surface area (Å²) in [7, 11) is 0. The van der Waals surface area contributed by atoms with Crippen molar-refractivity contribution < 1.29 is 0 Å². The highest BCUT2D eigenvalue weighted by Gasteiger charge is 2.06. The first-order chi connectivity index (χ1) is 7.79. The third-order valence-corrected chi connectivity index (χ3v) is 2.89. The van der Waals surface area contributed by atoms with Crippen molar-refractivity contribution in [2.24, 2.45) is 0 Å². The van der Waals surface area contributed by atoms with Gasteiger partial charge >= 0.3 is 0 Å². The van der Waals surface area contributed by atoms with Crippen LogP contribution in [0.4, 0.5) is 0 Å². The summed E-state index contributed by atoms with van der Waals surface area (Å²) >= 11 is 0. The topological polar surface area (TPSA) is 61.5 Å². The quantitative estimate of drug-likeness (QED) is 0.649. The predicted octanol–water partition coefficient (Wildman–Crippen LogP) is 1.97. The first kappa shape index (κ1) is 9.15. The maximum Gasteiger partial charge on any atom is 0.273 e. The molecule has 0 aliphatic carbocycles. The van der Waals surface area contributed by atoms with E-state index < -0.39 is 0 Å². The van der Waals surface area contributed by atoms with Gasteiger partial charge in [-0.3, -0.25) is 20.0 Å². The highest BCUT2D eigenvalue weighted by Crippen LogP contribution is 2.20. The monoisotopic (exact) mass is 213 g/mol. The highest BCUT2D eigenvalue weighted by atomic mass is 16.1. The van der Waals surface area contributed by atoms with E-state index in [4.69, 9.17) is 0 Å². The van der Waals surface area contributed by atoms with E-state index in [9.17, 15) is 4.79 Å². The third kappa shape index (κ3) is 1.16. The van der Waals surface area contributed by atoms with Crippen molar-refractivity contribution in [2.45, 2.75) is 13.3 Å². The Kier molecular flexibility index (Phi) is 1.83. The fourth-order valence-electron chi connectivity index (χ4n) is 1.95. The van der Waals surface area contributed by atoms with Gasteiger partial charge in [0.2, 0.25) is 0 Å². The molecule has 16 heavy (non-hydrogen) atoms. The Balaban J connectivity index is 2.52. The zero-order valence-corrected chi connectivity index (χ0v) is 8.87. The van der Waals surface area contributed by atoms with E-state index in [0.717, 1.165) is 22.8 Å². The van der Waals surface area contributed by atoms with Crippen molar-refractivity contribution >= 4 is 21.8 Å². The largest absolute Gasteiger partial charge is 0.297 e. The van der Waals surface area contributed by atoms with Crippen LogP contribution in [0, 0.1) is 0 Å². The lowest BCUT2D eigenvalue weighted by molar-refractivity contribution is 1.08. The molecule has 0 atom stereocenters. The molecular weight excluding hydrogens is 202 g/mol. The van der Waals surface area contributed by atoms with Crippen LogP contribution in [0.1, 0.15) is 12.5 Å². The summed E-state index contributed by atoms with van der Waals surface area (Å²) in [6.45, 7) is 2.11. The number of aromatic nitrogens is 3. The van der Waals surface area contributed by atoms with Crippen LogP contribution in [0.2, 0.25) is 0 Å². The van der Waals surface area contributed by atoms with Crippen molar-refractivity contribution in [3.8, 4) is 0 Å². The molecule has 2 aromatic heterocycles. The van der Waals surface area contributed by atoms with Crippen molar-refractivity contribution in [1.29, 1.82) is 0 Å². The second kappa shape index (κ2) is 3.20. The number of aryl methyl sites for hydroxylation is 1. The third-order valence-electron chi connectivity index (χ3n) is 2.89. The van der Waals surface area contributed by atoms with E-state index in [1.54, 1.807) is 6.20 Å². The number of benzene rings is 1. The SMILES string of the molecule is CCc1ccc2ncc3c(=O)[nH][nH]c3c2c1. The van der Waals surface area contributed by atoms with Gasteiger partial charge in [0.05, 0.1) is 16.4 Å². The lowest BCUT2D eigenvalue weighted by Gasteiger charge is -2.01. The van der Waals surface area contributed by atoms with E-state index in [2.05, 4.69) is 34.2 Å². The minimum absolute atomic E-state index is 0.119. The van der Waals surface area contributed by atoms with Gasteiger partial charge in [0.1, 0.15) is 0 Å². The molecule has 2 N–H and O–H groups in total. The summed E-state index contributed by atoms with van der Waals surface area (Å²) in [5.74, 6) is 0. The molecule has 0 saturated heterocycles. The summed E-state index contributed by atoms with van der Waals surface area (Å²) in [6.07, 6.45) is 2.58. The van der Waals surface area contributed by atoms with Crippen molar-refractivity contribution in [3.05, 3.63) is 40.3 Å². The number of H-pyrrole nitrogens is 2. The average Bonchev–Trinajstić information content (AvgIpc) is 2.71. The molecule has 2 heterocycles. The van der Waals surface area contributed by atoms with Gasteiger partial charge in [-0.25, -0.2) is 0 Å². The van der Waals surface area contributed by atoms with Crippen LogP contribution in [0.3, 0.4) is 0 Å². The normalized spacial score (nSPS) is 11.3. The number of nitrogens with one attached hydrogen (secondary N) is 2. The van der Waals surface area contributed by atoms with Gasteiger partial charge in [-0.05, 0) is 24.1 Å². The molecule has 0 fully saturated rings. The second-order valence-corrected chi connectivity index (χ2v) is 3.83. The van der Waals surface area contributed by atoms with Crippen LogP contribution in [-0.4, -0.2) is 15.2 Å². The van der Waals surface area contributed by atoms with Crippen LogP contribution in [0.25, 0.3) is 21.8 Å². The summed E-state index contributed by atoms with van der Waals surface area (Å²) < 4.78 is 0. The number of hydrogen-bond acceptors (Lipinski definition) is 2. The molecule has 0 aliphatic heterocycles. The average molecular weight is 213 g/mol. The molecule has 0 aliphatic rings. The van der Waals surface area contributed by atoms with Gasteiger partial charge in [0.15, 0.2) is 0 Å². The van der Waals surface area contributed by atoms with Gasteiger partial charge in [0, 0.05) is 11.6 Å². The molecule has 3 rings (SSSR count). The lowest BCUT2D eigenvalue weighted by atomic mass is 10.1. The second-order valence-electron chi connectivity index (χ2n) is 3.83. The van der Waals surface area contributed by atoms with E-state index in [-0.39, 0.29) is 5.56 Å². The fraction of sp³-hybridized carbons (Fsp3) is 0.167. The molecule has 0 spiro atoms. The van der Waals surface area contributed by atoms with Gasteiger partial charge in [-0.15, -0.1) is 0 Å². The van der Waals surface area contributed by atoms with Gasteiger partial charge < -0.3 is 0 Å². The first-order valence-electron chi connectivity index (χ1n) is 5.27. The Labute approximate surface area is 91.3 Å². The van der Waals surface area contributed by atoms with Crippen molar-refractivity contribution in [3.63, 3.8) is 0 Å². The van der Waals surface area contributed by atoms with Gasteiger partial charge in [-0.2, -0.15) is 0 Å². The number of rotatable bonds is 1. The van der Waals surface area contributed by atoms with E-state index in [1.807, 2.05) is 6.07 Å². The van der Waals surface area contributed by atoms with Crippen LogP contribution >= 0.6 is 0 Å². The molecule has 4 heteroatoms. The van der Waals surface area contributed by atoms with Crippen LogP contribution in [0.5, 0.6) is 0 Å². The Morgan fingerprint density at radius 1 is 1.25 bits per heavy atom. The summed E-state index contributed by atoms with van der Waals surface area (Å²) in [5, 5.41) is 7.10. The van der Waals surface area contributed by atoms with E-state index in [0.29, 0.717) is 5.39 Å². The molecule has 4 nitrogen and oxygen atoms in total. The van der Waals surface area contributed by atoms with E-state index >= 15 is 0 Å². The molecule has 1 aromatic carbocycles. The zero-order valence-electron chi connectivity index (χ0n) is 8.87. The molecule has 80 valence electrons. The molecular formula is C12H11N3O. The Hall–Kier alpha value is -2.10. The van der Waals surface area contributed by atoms with Crippen LogP contribution < -0.4 is 5.56 Å². The lowest BCUT2D eigenvalue weighted by Crippen LogP contribution is -1.97. The van der Waals surface area contributed by atoms with Crippen LogP contribution in [-0.2, 0) is 6.42 Å². The van der Waals surface area contributed by atoms with Gasteiger partial charge in [-0.1, -0.05) is 13.0 Å². The molecule has 0 bridgehead atoms. The first-order valence-corrected chi connectivity index (χ1v) is 5.27. The minimum Gasteiger partial charge on any atom is -0.297 e. The summed E-state index contributed by atoms with van der Waals surface area (Å²) in [4.78, 5) is 15.7. The number of hydrogen-bond donors (Lipinski definition) is 2. The van der Waals surface area contributed by atoms with Crippen molar-refractivity contribution in [1.82, 2.24) is 15.2 Å². The minimum atomic E-state index is -0.119. The fourth-order valence-corrected chi connectivity index (χ4v) is 1.95. The highest BCUT2D eigenvalue weighted by molar-refractivity contribution is 6.02. The summed E-state index contributed by atoms with van der Waals surface area (Å²) in [6, 6.07) is 6.12. The number of nitrogens with zero attached hydrogens (tertiary/aromatic N) is 1. The molecule has 0 amide bonds. The Bertz CT molecular complexity index is 724. The maximum atomic E-state index is 11.5. The standard InChI is InChI=1S/C12H11N3O/c1-2-7-3-4-10-8(5-7)11-9(6-13-10)12(16)15-14-11/h3-6H,2H2,1H3,(H2,14,15,16). The molecule has 0 radical (unpaired) electrons. The maximum absolute atomic E-state index is 11.5. The van der Waals surface area contributed by atoms with Gasteiger partial charge in [0.25, 0.3) is 5.56 Å². The van der Waals surface area contributed by atoms with Crippen molar-refractivity contribution in [2.75, 3.05) is 0 Å². The molecule has 0 unspecified atom stereocenters.